The van der Waals surface area contributed by atoms with Crippen molar-refractivity contribution in [1.82, 2.24) is 15.5 Å². The standard InChI is InChI=1S/C23H29N3O2.ClH/c27-22-18-21(19-10-3-1-4-11-19)24-14-7-8-16-26(17-9-15-25-22)23(28)20-12-5-2-6-13-20;/h1-6,10-13,21,24H,7-9,14-18H2,(H,25,27);1H. The second-order valence-electron chi connectivity index (χ2n) is 7.19. The van der Waals surface area contributed by atoms with Gasteiger partial charge in [-0.1, -0.05) is 48.5 Å². The summed E-state index contributed by atoms with van der Waals surface area (Å²) in [7, 11) is 0. The van der Waals surface area contributed by atoms with Gasteiger partial charge in [0.1, 0.15) is 0 Å². The lowest BCUT2D eigenvalue weighted by atomic mass is 10.0. The van der Waals surface area contributed by atoms with Crippen molar-refractivity contribution in [3.63, 3.8) is 0 Å². The maximum absolute atomic E-state index is 12.8. The minimum Gasteiger partial charge on any atom is -0.356 e. The van der Waals surface area contributed by atoms with E-state index in [1.807, 2.05) is 53.4 Å². The first-order chi connectivity index (χ1) is 13.7. The molecule has 2 aromatic carbocycles. The maximum atomic E-state index is 12.8. The van der Waals surface area contributed by atoms with Gasteiger partial charge in [0.15, 0.2) is 0 Å². The van der Waals surface area contributed by atoms with Crippen LogP contribution in [0, 0.1) is 0 Å². The fourth-order valence-electron chi connectivity index (χ4n) is 3.53. The van der Waals surface area contributed by atoms with Crippen LogP contribution in [0.3, 0.4) is 0 Å². The monoisotopic (exact) mass is 415 g/mol. The molecule has 2 aromatic rings. The van der Waals surface area contributed by atoms with Gasteiger partial charge in [-0.15, -0.1) is 12.4 Å². The van der Waals surface area contributed by atoms with Crippen LogP contribution < -0.4 is 10.6 Å². The van der Waals surface area contributed by atoms with Crippen LogP contribution in [-0.2, 0) is 4.79 Å². The number of hydrogen-bond acceptors (Lipinski definition) is 3. The second-order valence-corrected chi connectivity index (χ2v) is 7.19. The Morgan fingerprint density at radius 2 is 1.52 bits per heavy atom. The first kappa shape index (κ1) is 22.9. The molecule has 6 heteroatoms. The van der Waals surface area contributed by atoms with Gasteiger partial charge in [0.05, 0.1) is 0 Å². The van der Waals surface area contributed by atoms with Gasteiger partial charge in [-0.25, -0.2) is 0 Å². The Hall–Kier alpha value is -2.37. The number of carbonyl (C=O) groups is 2. The highest BCUT2D eigenvalue weighted by Crippen LogP contribution is 2.17. The van der Waals surface area contributed by atoms with Gasteiger partial charge in [0.2, 0.25) is 5.91 Å². The number of benzene rings is 2. The topological polar surface area (TPSA) is 61.4 Å². The van der Waals surface area contributed by atoms with Crippen molar-refractivity contribution >= 4 is 24.2 Å². The first-order valence-corrected chi connectivity index (χ1v) is 10.1. The third kappa shape index (κ3) is 7.18. The van der Waals surface area contributed by atoms with E-state index in [-0.39, 0.29) is 30.3 Å². The third-order valence-corrected chi connectivity index (χ3v) is 5.07. The molecule has 1 unspecified atom stereocenters. The summed E-state index contributed by atoms with van der Waals surface area (Å²) in [5, 5.41) is 6.52. The largest absolute Gasteiger partial charge is 0.356 e. The molecule has 1 saturated heterocycles. The smallest absolute Gasteiger partial charge is 0.253 e. The molecule has 0 spiro atoms. The van der Waals surface area contributed by atoms with Gasteiger partial charge in [-0.2, -0.15) is 0 Å². The zero-order chi connectivity index (χ0) is 19.6. The predicted molar refractivity (Wildman–Crippen MR) is 118 cm³/mol. The van der Waals surface area contributed by atoms with Crippen LogP contribution in [0.25, 0.3) is 0 Å². The minimum atomic E-state index is 0. The molecule has 5 nitrogen and oxygen atoms in total. The third-order valence-electron chi connectivity index (χ3n) is 5.07. The van der Waals surface area contributed by atoms with E-state index in [0.717, 1.165) is 43.5 Å². The number of halogens is 1. The lowest BCUT2D eigenvalue weighted by Gasteiger charge is -2.23. The summed E-state index contributed by atoms with van der Waals surface area (Å²) in [5.74, 6) is 0.110. The fraction of sp³-hybridized carbons (Fsp3) is 0.391. The van der Waals surface area contributed by atoms with E-state index in [1.165, 1.54) is 0 Å². The fourth-order valence-corrected chi connectivity index (χ4v) is 3.53. The molecule has 0 aliphatic carbocycles. The highest BCUT2D eigenvalue weighted by molar-refractivity contribution is 5.94. The van der Waals surface area contributed by atoms with Crippen LogP contribution in [-0.4, -0.2) is 42.9 Å². The molecule has 0 saturated carbocycles. The highest BCUT2D eigenvalue weighted by Gasteiger charge is 2.18. The zero-order valence-corrected chi connectivity index (χ0v) is 17.5. The summed E-state index contributed by atoms with van der Waals surface area (Å²) >= 11 is 0. The molecule has 0 aromatic heterocycles. The van der Waals surface area contributed by atoms with Crippen LogP contribution >= 0.6 is 12.4 Å². The predicted octanol–water partition coefficient (Wildman–Crippen LogP) is 3.57. The zero-order valence-electron chi connectivity index (χ0n) is 16.7. The Morgan fingerprint density at radius 3 is 2.24 bits per heavy atom. The van der Waals surface area contributed by atoms with Crippen LogP contribution in [0.1, 0.15) is 47.6 Å². The van der Waals surface area contributed by atoms with E-state index < -0.39 is 0 Å². The summed E-state index contributed by atoms with van der Waals surface area (Å²) in [6.45, 7) is 2.79. The Labute approximate surface area is 179 Å². The van der Waals surface area contributed by atoms with Gasteiger partial charge in [0, 0.05) is 37.7 Å². The summed E-state index contributed by atoms with van der Waals surface area (Å²) < 4.78 is 0. The molecule has 0 bridgehead atoms. The van der Waals surface area contributed by atoms with Crippen LogP contribution in [0.4, 0.5) is 0 Å². The number of carbonyl (C=O) groups excluding carboxylic acids is 2. The van der Waals surface area contributed by atoms with E-state index in [9.17, 15) is 9.59 Å². The van der Waals surface area contributed by atoms with Crippen molar-refractivity contribution in [3.8, 4) is 0 Å². The van der Waals surface area contributed by atoms with E-state index in [0.29, 0.717) is 19.5 Å². The summed E-state index contributed by atoms with van der Waals surface area (Å²) in [6, 6.07) is 19.5. The molecule has 1 atom stereocenters. The number of nitrogens with one attached hydrogen (secondary N) is 2. The maximum Gasteiger partial charge on any atom is 0.253 e. The number of amides is 2. The summed E-state index contributed by atoms with van der Waals surface area (Å²) in [4.78, 5) is 27.1. The molecular weight excluding hydrogens is 386 g/mol. The molecule has 3 rings (SSSR count). The van der Waals surface area contributed by atoms with Gasteiger partial charge in [-0.05, 0) is 43.5 Å². The molecule has 1 heterocycles. The summed E-state index contributed by atoms with van der Waals surface area (Å²) in [6.07, 6.45) is 3.09. The van der Waals surface area contributed by atoms with Crippen LogP contribution in [0.2, 0.25) is 0 Å². The van der Waals surface area contributed by atoms with Gasteiger partial charge < -0.3 is 15.5 Å². The van der Waals surface area contributed by atoms with E-state index in [4.69, 9.17) is 0 Å². The van der Waals surface area contributed by atoms with Crippen molar-refractivity contribution in [2.24, 2.45) is 0 Å². The molecule has 29 heavy (non-hydrogen) atoms. The van der Waals surface area contributed by atoms with Gasteiger partial charge in [0.25, 0.3) is 5.91 Å². The Morgan fingerprint density at radius 1 is 0.862 bits per heavy atom. The highest BCUT2D eigenvalue weighted by atomic mass is 35.5. The van der Waals surface area contributed by atoms with E-state index in [2.05, 4.69) is 22.8 Å². The summed E-state index contributed by atoms with van der Waals surface area (Å²) in [5.41, 5.74) is 1.85. The number of hydrogen-bond donors (Lipinski definition) is 2. The molecule has 1 aliphatic heterocycles. The van der Waals surface area contributed by atoms with Crippen molar-refractivity contribution in [2.45, 2.75) is 31.7 Å². The first-order valence-electron chi connectivity index (χ1n) is 10.1. The minimum absolute atomic E-state index is 0. The molecule has 0 radical (unpaired) electrons. The second kappa shape index (κ2) is 12.2. The van der Waals surface area contributed by atoms with Crippen molar-refractivity contribution in [2.75, 3.05) is 26.2 Å². The Kier molecular flexibility index (Phi) is 9.68. The number of rotatable bonds is 2. The van der Waals surface area contributed by atoms with Crippen molar-refractivity contribution in [3.05, 3.63) is 71.8 Å². The molecule has 1 fully saturated rings. The van der Waals surface area contributed by atoms with Crippen LogP contribution in [0.15, 0.2) is 60.7 Å². The van der Waals surface area contributed by atoms with E-state index >= 15 is 0 Å². The van der Waals surface area contributed by atoms with E-state index in [1.54, 1.807) is 0 Å². The quantitative estimate of drug-likeness (QED) is 0.788. The molecule has 1 aliphatic rings. The lowest BCUT2D eigenvalue weighted by Crippen LogP contribution is -2.35. The lowest BCUT2D eigenvalue weighted by molar-refractivity contribution is -0.121. The van der Waals surface area contributed by atoms with Crippen molar-refractivity contribution in [1.29, 1.82) is 0 Å². The Balaban J connectivity index is 0.00000300. The average Bonchev–Trinajstić information content (AvgIpc) is 2.76. The number of nitrogens with zero attached hydrogens (tertiary/aromatic N) is 1. The Bertz CT molecular complexity index is 755. The van der Waals surface area contributed by atoms with Gasteiger partial charge in [-0.3, -0.25) is 9.59 Å². The molecule has 2 N–H and O–H groups in total. The van der Waals surface area contributed by atoms with Crippen LogP contribution in [0.5, 0.6) is 0 Å². The van der Waals surface area contributed by atoms with Gasteiger partial charge >= 0.3 is 0 Å². The van der Waals surface area contributed by atoms with Crippen molar-refractivity contribution < 1.29 is 9.59 Å². The molecular formula is C23H30ClN3O2. The molecule has 156 valence electrons. The molecule has 2 amide bonds. The average molecular weight is 416 g/mol. The SMILES string of the molecule is Cl.O=C1CC(c2ccccc2)NCCCCN(C(=O)c2ccccc2)CCCN1. The normalized spacial score (nSPS) is 19.0.